The third-order valence-electron chi connectivity index (χ3n) is 6.60. The molecule has 0 aliphatic carbocycles. The highest BCUT2D eigenvalue weighted by Gasteiger charge is 2.36. The first-order valence-corrected chi connectivity index (χ1v) is 12.9. The zero-order chi connectivity index (χ0) is 23.2. The van der Waals surface area contributed by atoms with Gasteiger partial charge in [-0.2, -0.15) is 4.37 Å². The van der Waals surface area contributed by atoms with Gasteiger partial charge in [0.25, 0.3) is 0 Å². The van der Waals surface area contributed by atoms with Gasteiger partial charge in [0.2, 0.25) is 11.0 Å². The van der Waals surface area contributed by atoms with Crippen molar-refractivity contribution in [2.75, 3.05) is 44.2 Å². The molecular weight excluding hydrogens is 442 g/mol. The fourth-order valence-electron chi connectivity index (χ4n) is 4.73. The van der Waals surface area contributed by atoms with E-state index in [1.807, 2.05) is 29.2 Å². The third-order valence-corrected chi connectivity index (χ3v) is 7.39. The lowest BCUT2D eigenvalue weighted by molar-refractivity contribution is -0.134. The lowest BCUT2D eigenvalue weighted by Gasteiger charge is -2.36. The molecule has 1 unspecified atom stereocenters. The van der Waals surface area contributed by atoms with Crippen LogP contribution in [0.5, 0.6) is 0 Å². The van der Waals surface area contributed by atoms with Crippen LogP contribution in [0, 0.1) is 0 Å². The van der Waals surface area contributed by atoms with Crippen molar-refractivity contribution in [3.05, 3.63) is 83.7 Å². The molecule has 34 heavy (non-hydrogen) atoms. The van der Waals surface area contributed by atoms with Crippen LogP contribution in [0.3, 0.4) is 0 Å². The molecule has 1 aromatic heterocycles. The van der Waals surface area contributed by atoms with Crippen LogP contribution < -0.4 is 4.90 Å². The molecule has 2 saturated heterocycles. The quantitative estimate of drug-likeness (QED) is 0.520. The molecule has 176 valence electrons. The van der Waals surface area contributed by atoms with Gasteiger partial charge in [-0.05, 0) is 24.0 Å². The Kier molecular flexibility index (Phi) is 7.31. The Bertz CT molecular complexity index is 1090. The molecule has 3 heterocycles. The Labute approximate surface area is 205 Å². The van der Waals surface area contributed by atoms with E-state index >= 15 is 0 Å². The molecule has 0 saturated carbocycles. The first kappa shape index (κ1) is 22.7. The minimum absolute atomic E-state index is 0.109. The smallest absolute Gasteiger partial charge is 0.245 e. The summed E-state index contributed by atoms with van der Waals surface area (Å²) < 4.78 is 4.57. The standard InChI is InChI=1S/C27H31N5OS/c33-26(31-19-17-30(18-20-31)15-7-13-22-9-3-1-4-10-22)24-14-8-16-32(24)27-28-25(29-34-27)21-23-11-5-2-6-12-23/h1-7,9-13,24H,8,14-21H2/b13-7+. The number of anilines is 1. The second kappa shape index (κ2) is 10.9. The lowest BCUT2D eigenvalue weighted by atomic mass is 10.1. The van der Waals surface area contributed by atoms with Crippen LogP contribution in [0.4, 0.5) is 5.13 Å². The average Bonchev–Trinajstić information content (AvgIpc) is 3.55. The number of carbonyl (C=O) groups is 1. The van der Waals surface area contributed by atoms with E-state index < -0.39 is 0 Å². The second-order valence-electron chi connectivity index (χ2n) is 8.95. The van der Waals surface area contributed by atoms with Gasteiger partial charge in [0, 0.05) is 57.2 Å². The van der Waals surface area contributed by atoms with Crippen molar-refractivity contribution in [1.82, 2.24) is 19.2 Å². The zero-order valence-corrected chi connectivity index (χ0v) is 20.2. The summed E-state index contributed by atoms with van der Waals surface area (Å²) in [7, 11) is 0. The number of hydrogen-bond donors (Lipinski definition) is 0. The minimum atomic E-state index is -0.109. The minimum Gasteiger partial charge on any atom is -0.338 e. The molecule has 0 spiro atoms. The van der Waals surface area contributed by atoms with Crippen molar-refractivity contribution in [3.8, 4) is 0 Å². The summed E-state index contributed by atoms with van der Waals surface area (Å²) in [5, 5.41) is 0.881. The van der Waals surface area contributed by atoms with Crippen LogP contribution >= 0.6 is 11.5 Å². The molecule has 0 N–H and O–H groups in total. The van der Waals surface area contributed by atoms with Crippen molar-refractivity contribution in [2.45, 2.75) is 25.3 Å². The SMILES string of the molecule is O=C(C1CCCN1c1nc(Cc2ccccc2)ns1)N1CCN(C/C=C/c2ccccc2)CC1. The van der Waals surface area contributed by atoms with Crippen LogP contribution in [0.2, 0.25) is 0 Å². The Morgan fingerprint density at radius 2 is 1.71 bits per heavy atom. The topological polar surface area (TPSA) is 52.6 Å². The van der Waals surface area contributed by atoms with Gasteiger partial charge in [0.05, 0.1) is 0 Å². The molecule has 0 bridgehead atoms. The normalized spacial score (nSPS) is 19.2. The summed E-state index contributed by atoms with van der Waals surface area (Å²) in [4.78, 5) is 24.8. The number of nitrogens with zero attached hydrogens (tertiary/aromatic N) is 5. The van der Waals surface area contributed by atoms with Crippen molar-refractivity contribution in [2.24, 2.45) is 0 Å². The van der Waals surface area contributed by atoms with Crippen molar-refractivity contribution in [3.63, 3.8) is 0 Å². The first-order chi connectivity index (χ1) is 16.8. The molecule has 2 aromatic carbocycles. The number of aromatic nitrogens is 2. The van der Waals surface area contributed by atoms with Gasteiger partial charge in [0.1, 0.15) is 11.9 Å². The number of amides is 1. The third kappa shape index (κ3) is 5.54. The summed E-state index contributed by atoms with van der Waals surface area (Å²) in [6.07, 6.45) is 7.03. The van der Waals surface area contributed by atoms with Gasteiger partial charge < -0.3 is 9.80 Å². The molecular formula is C27H31N5OS. The Balaban J connectivity index is 1.14. The molecule has 2 fully saturated rings. The molecule has 7 heteroatoms. The number of hydrogen-bond acceptors (Lipinski definition) is 6. The van der Waals surface area contributed by atoms with E-state index in [4.69, 9.17) is 4.98 Å². The van der Waals surface area contributed by atoms with Crippen molar-refractivity contribution in [1.29, 1.82) is 0 Å². The maximum atomic E-state index is 13.4. The van der Waals surface area contributed by atoms with Gasteiger partial charge in [0.15, 0.2) is 0 Å². The van der Waals surface area contributed by atoms with Gasteiger partial charge >= 0.3 is 0 Å². The van der Waals surface area contributed by atoms with E-state index in [2.05, 4.69) is 62.7 Å². The fourth-order valence-corrected chi connectivity index (χ4v) is 5.49. The van der Waals surface area contributed by atoms with E-state index in [0.29, 0.717) is 0 Å². The Hall–Kier alpha value is -3.03. The Morgan fingerprint density at radius 3 is 2.47 bits per heavy atom. The highest BCUT2D eigenvalue weighted by molar-refractivity contribution is 7.09. The average molecular weight is 474 g/mol. The van der Waals surface area contributed by atoms with E-state index in [1.54, 1.807) is 0 Å². The molecule has 2 aliphatic heterocycles. The van der Waals surface area contributed by atoms with Gasteiger partial charge in [-0.25, -0.2) is 4.98 Å². The zero-order valence-electron chi connectivity index (χ0n) is 19.4. The highest BCUT2D eigenvalue weighted by atomic mass is 32.1. The van der Waals surface area contributed by atoms with Crippen molar-refractivity contribution < 1.29 is 4.79 Å². The summed E-state index contributed by atoms with van der Waals surface area (Å²) >= 11 is 1.42. The van der Waals surface area contributed by atoms with E-state index in [0.717, 1.165) is 69.5 Å². The van der Waals surface area contributed by atoms with Crippen LogP contribution in [-0.4, -0.2) is 70.4 Å². The Morgan fingerprint density at radius 1 is 0.971 bits per heavy atom. The van der Waals surface area contributed by atoms with Crippen molar-refractivity contribution >= 4 is 28.6 Å². The van der Waals surface area contributed by atoms with Gasteiger partial charge in [-0.3, -0.25) is 9.69 Å². The fraction of sp³-hybridized carbons (Fsp3) is 0.370. The van der Waals surface area contributed by atoms with Crippen LogP contribution in [-0.2, 0) is 11.2 Å². The predicted octanol–water partition coefficient (Wildman–Crippen LogP) is 3.96. The molecule has 1 amide bonds. The van der Waals surface area contributed by atoms with Crippen LogP contribution in [0.1, 0.15) is 29.8 Å². The maximum absolute atomic E-state index is 13.4. The van der Waals surface area contributed by atoms with Gasteiger partial charge in [-0.1, -0.05) is 72.8 Å². The van der Waals surface area contributed by atoms with E-state index in [-0.39, 0.29) is 11.9 Å². The molecule has 5 rings (SSSR count). The van der Waals surface area contributed by atoms with Crippen LogP contribution in [0.25, 0.3) is 6.08 Å². The van der Waals surface area contributed by atoms with Gasteiger partial charge in [-0.15, -0.1) is 0 Å². The predicted molar refractivity (Wildman–Crippen MR) is 138 cm³/mol. The molecule has 6 nitrogen and oxygen atoms in total. The molecule has 3 aromatic rings. The number of piperazine rings is 1. The largest absolute Gasteiger partial charge is 0.338 e. The highest BCUT2D eigenvalue weighted by Crippen LogP contribution is 2.29. The summed E-state index contributed by atoms with van der Waals surface area (Å²) in [5.41, 5.74) is 2.43. The number of benzene rings is 2. The summed E-state index contributed by atoms with van der Waals surface area (Å²) in [6, 6.07) is 20.6. The summed E-state index contributed by atoms with van der Waals surface area (Å²) in [5.74, 6) is 1.08. The maximum Gasteiger partial charge on any atom is 0.245 e. The monoisotopic (exact) mass is 473 g/mol. The van der Waals surface area contributed by atoms with E-state index in [9.17, 15) is 4.79 Å². The van der Waals surface area contributed by atoms with Crippen LogP contribution in [0.15, 0.2) is 66.7 Å². The second-order valence-corrected chi connectivity index (χ2v) is 9.68. The molecule has 0 radical (unpaired) electrons. The number of rotatable bonds is 7. The molecule has 2 aliphatic rings. The summed E-state index contributed by atoms with van der Waals surface area (Å²) in [6.45, 7) is 5.20. The number of carbonyl (C=O) groups excluding carboxylic acids is 1. The first-order valence-electron chi connectivity index (χ1n) is 12.1. The molecule has 1 atom stereocenters. The van der Waals surface area contributed by atoms with E-state index in [1.165, 1.54) is 22.7 Å². The lowest BCUT2D eigenvalue weighted by Crippen LogP contribution is -2.53.